The lowest BCUT2D eigenvalue weighted by Gasteiger charge is -2.22. The van der Waals surface area contributed by atoms with Gasteiger partial charge in [-0.1, -0.05) is 6.07 Å². The molecule has 2 N–H and O–H groups in total. The second kappa shape index (κ2) is 4.77. The number of rotatable bonds is 2. The van der Waals surface area contributed by atoms with Crippen molar-refractivity contribution in [2.45, 2.75) is 19.4 Å². The van der Waals surface area contributed by atoms with Gasteiger partial charge in [-0.15, -0.1) is 0 Å². The monoisotopic (exact) mass is 280 g/mol. The summed E-state index contributed by atoms with van der Waals surface area (Å²) in [6.45, 7) is 0.863. The molecule has 3 heterocycles. The van der Waals surface area contributed by atoms with Crippen molar-refractivity contribution >= 4 is 22.5 Å². The number of carbonyl (C=O) groups is 1. The number of hydrogen-bond acceptors (Lipinski definition) is 2. The molecule has 1 unspecified atom stereocenters. The molecule has 1 aliphatic rings. The zero-order chi connectivity index (χ0) is 14.2. The van der Waals surface area contributed by atoms with Crippen LogP contribution in [0.5, 0.6) is 0 Å². The highest BCUT2D eigenvalue weighted by Gasteiger charge is 2.25. The normalized spacial score (nSPS) is 17.6. The minimum absolute atomic E-state index is 0.00546. The van der Waals surface area contributed by atoms with Crippen molar-refractivity contribution in [2.24, 2.45) is 5.92 Å². The number of benzene rings is 1. The molecule has 21 heavy (non-hydrogen) atoms. The summed E-state index contributed by atoms with van der Waals surface area (Å²) in [6, 6.07) is 7.88. The summed E-state index contributed by atoms with van der Waals surface area (Å²) in [5.41, 5.74) is 1.90. The van der Waals surface area contributed by atoms with Crippen LogP contribution in [0, 0.1) is 5.92 Å². The molecule has 3 aromatic rings. The van der Waals surface area contributed by atoms with E-state index in [-0.39, 0.29) is 11.8 Å². The minimum atomic E-state index is -0.00546. The summed E-state index contributed by atoms with van der Waals surface area (Å²) < 4.78 is 2.12. The number of nitrogens with one attached hydrogen (secondary N) is 2. The highest BCUT2D eigenvalue weighted by atomic mass is 16.1. The van der Waals surface area contributed by atoms with Gasteiger partial charge in [-0.05, 0) is 24.6 Å². The van der Waals surface area contributed by atoms with Crippen LogP contribution in [0.4, 0.5) is 5.69 Å². The van der Waals surface area contributed by atoms with Gasteiger partial charge in [0.25, 0.3) is 0 Å². The summed E-state index contributed by atoms with van der Waals surface area (Å²) in [6.07, 6.45) is 7.23. The van der Waals surface area contributed by atoms with Crippen LogP contribution in [-0.4, -0.2) is 20.4 Å². The Balaban J connectivity index is 1.55. The number of amides is 1. The molecule has 1 atom stereocenters. The first kappa shape index (κ1) is 12.2. The first-order valence-corrected chi connectivity index (χ1v) is 7.18. The molecule has 1 aromatic carbocycles. The highest BCUT2D eigenvalue weighted by molar-refractivity contribution is 6.02. The van der Waals surface area contributed by atoms with Crippen LogP contribution >= 0.6 is 0 Å². The average Bonchev–Trinajstić information content (AvgIpc) is 3.15. The van der Waals surface area contributed by atoms with E-state index in [1.807, 2.05) is 36.7 Å². The second-order valence-corrected chi connectivity index (χ2v) is 5.46. The van der Waals surface area contributed by atoms with Crippen molar-refractivity contribution in [3.63, 3.8) is 0 Å². The third-order valence-electron chi connectivity index (χ3n) is 4.17. The maximum absolute atomic E-state index is 12.5. The smallest absolute Gasteiger partial charge is 0.228 e. The van der Waals surface area contributed by atoms with Gasteiger partial charge < -0.3 is 14.9 Å². The van der Waals surface area contributed by atoms with Crippen molar-refractivity contribution in [1.82, 2.24) is 14.5 Å². The lowest BCUT2D eigenvalue weighted by molar-refractivity contribution is -0.120. The van der Waals surface area contributed by atoms with Crippen molar-refractivity contribution in [3.8, 4) is 0 Å². The maximum atomic E-state index is 12.5. The standard InChI is InChI=1S/C16H16N4O/c21-16(11-5-8-20-9-7-18-15(20)10-11)19-14-3-1-2-13-12(14)4-6-17-13/h1-4,6-7,9,11,17H,5,8,10H2,(H,19,21). The fraction of sp³-hybridized carbons (Fsp3) is 0.250. The predicted molar refractivity (Wildman–Crippen MR) is 81.0 cm³/mol. The molecule has 0 aliphatic carbocycles. The minimum Gasteiger partial charge on any atom is -0.361 e. The first-order valence-electron chi connectivity index (χ1n) is 7.18. The van der Waals surface area contributed by atoms with E-state index in [0.29, 0.717) is 6.42 Å². The molecule has 0 saturated heterocycles. The van der Waals surface area contributed by atoms with E-state index in [4.69, 9.17) is 0 Å². The van der Waals surface area contributed by atoms with E-state index < -0.39 is 0 Å². The van der Waals surface area contributed by atoms with Gasteiger partial charge in [-0.25, -0.2) is 4.98 Å². The molecule has 0 radical (unpaired) electrons. The molecule has 1 aliphatic heterocycles. The Kier molecular flexibility index (Phi) is 2.77. The predicted octanol–water partition coefficient (Wildman–Crippen LogP) is 2.57. The molecule has 1 amide bonds. The molecule has 4 rings (SSSR count). The van der Waals surface area contributed by atoms with Crippen LogP contribution in [-0.2, 0) is 17.8 Å². The number of aromatic amines is 1. The number of aromatic nitrogens is 3. The van der Waals surface area contributed by atoms with Gasteiger partial charge in [-0.3, -0.25) is 4.79 Å². The second-order valence-electron chi connectivity index (χ2n) is 5.46. The Morgan fingerprint density at radius 1 is 1.38 bits per heavy atom. The van der Waals surface area contributed by atoms with E-state index >= 15 is 0 Å². The van der Waals surface area contributed by atoms with Gasteiger partial charge in [0.15, 0.2) is 0 Å². The maximum Gasteiger partial charge on any atom is 0.228 e. The number of carbonyl (C=O) groups excluding carboxylic acids is 1. The van der Waals surface area contributed by atoms with Crippen molar-refractivity contribution in [2.75, 3.05) is 5.32 Å². The van der Waals surface area contributed by atoms with Gasteiger partial charge in [0.05, 0.1) is 5.69 Å². The Morgan fingerprint density at radius 3 is 3.29 bits per heavy atom. The quantitative estimate of drug-likeness (QED) is 0.758. The molecule has 0 fully saturated rings. The summed E-state index contributed by atoms with van der Waals surface area (Å²) in [5, 5.41) is 4.11. The molecule has 2 aromatic heterocycles. The molecule has 0 spiro atoms. The molecular formula is C16H16N4O. The number of nitrogens with zero attached hydrogens (tertiary/aromatic N) is 2. The van der Waals surface area contributed by atoms with E-state index in [1.54, 1.807) is 6.20 Å². The molecule has 5 heteroatoms. The van der Waals surface area contributed by atoms with Gasteiger partial charge in [0.2, 0.25) is 5.91 Å². The van der Waals surface area contributed by atoms with Gasteiger partial charge >= 0.3 is 0 Å². The zero-order valence-electron chi connectivity index (χ0n) is 11.5. The highest BCUT2D eigenvalue weighted by Crippen LogP contribution is 2.25. The van der Waals surface area contributed by atoms with Gasteiger partial charge in [-0.2, -0.15) is 0 Å². The Morgan fingerprint density at radius 2 is 2.33 bits per heavy atom. The summed E-state index contributed by atoms with van der Waals surface area (Å²) in [7, 11) is 0. The average molecular weight is 280 g/mol. The number of imidazole rings is 1. The topological polar surface area (TPSA) is 62.7 Å². The summed E-state index contributed by atoms with van der Waals surface area (Å²) >= 11 is 0. The largest absolute Gasteiger partial charge is 0.361 e. The van der Waals surface area contributed by atoms with Crippen LogP contribution in [0.25, 0.3) is 10.9 Å². The van der Waals surface area contributed by atoms with Crippen LogP contribution in [0.1, 0.15) is 12.2 Å². The lowest BCUT2D eigenvalue weighted by atomic mass is 9.96. The Hall–Kier alpha value is -2.56. The lowest BCUT2D eigenvalue weighted by Crippen LogP contribution is -2.30. The molecule has 5 nitrogen and oxygen atoms in total. The van der Waals surface area contributed by atoms with Gasteiger partial charge in [0, 0.05) is 48.4 Å². The van der Waals surface area contributed by atoms with E-state index in [0.717, 1.165) is 35.4 Å². The number of hydrogen-bond donors (Lipinski definition) is 2. The van der Waals surface area contributed by atoms with E-state index in [1.165, 1.54) is 0 Å². The van der Waals surface area contributed by atoms with Crippen LogP contribution < -0.4 is 5.32 Å². The Labute approximate surface area is 122 Å². The fourth-order valence-electron chi connectivity index (χ4n) is 3.00. The number of aryl methyl sites for hydroxylation is 1. The number of fused-ring (bicyclic) bond motifs is 2. The number of H-pyrrole nitrogens is 1. The van der Waals surface area contributed by atoms with Crippen LogP contribution in [0.15, 0.2) is 42.9 Å². The number of anilines is 1. The van der Waals surface area contributed by atoms with Crippen molar-refractivity contribution < 1.29 is 4.79 Å². The van der Waals surface area contributed by atoms with Crippen molar-refractivity contribution in [1.29, 1.82) is 0 Å². The van der Waals surface area contributed by atoms with Gasteiger partial charge in [0.1, 0.15) is 5.82 Å². The SMILES string of the molecule is O=C(Nc1cccc2[nH]ccc12)C1CCn2ccnc2C1. The molecule has 106 valence electrons. The van der Waals surface area contributed by atoms with Crippen LogP contribution in [0.2, 0.25) is 0 Å². The van der Waals surface area contributed by atoms with Crippen molar-refractivity contribution in [3.05, 3.63) is 48.7 Å². The summed E-state index contributed by atoms with van der Waals surface area (Å²) in [5.74, 6) is 1.08. The van der Waals surface area contributed by atoms with Crippen LogP contribution in [0.3, 0.4) is 0 Å². The summed E-state index contributed by atoms with van der Waals surface area (Å²) in [4.78, 5) is 20.0. The molecular weight excluding hydrogens is 264 g/mol. The fourth-order valence-corrected chi connectivity index (χ4v) is 3.00. The molecule has 0 saturated carbocycles. The van der Waals surface area contributed by atoms with E-state index in [9.17, 15) is 4.79 Å². The first-order chi connectivity index (χ1) is 10.3. The molecule has 0 bridgehead atoms. The Bertz CT molecular complexity index is 801. The third kappa shape index (κ3) is 2.11. The zero-order valence-corrected chi connectivity index (χ0v) is 11.5. The van der Waals surface area contributed by atoms with E-state index in [2.05, 4.69) is 19.9 Å². The third-order valence-corrected chi connectivity index (χ3v) is 4.17.